The molecule has 128 valence electrons. The molecule has 0 spiro atoms. The van der Waals surface area contributed by atoms with Crippen LogP contribution in [0.2, 0.25) is 0 Å². The summed E-state index contributed by atoms with van der Waals surface area (Å²) in [5, 5.41) is 13.7. The lowest BCUT2D eigenvalue weighted by Crippen LogP contribution is -2.53. The molecule has 0 aliphatic carbocycles. The predicted molar refractivity (Wildman–Crippen MR) is 87.2 cm³/mol. The average Bonchev–Trinajstić information content (AvgIpc) is 2.83. The lowest BCUT2D eigenvalue weighted by molar-refractivity contribution is 0.0494. The monoisotopic (exact) mass is 321 g/mol. The summed E-state index contributed by atoms with van der Waals surface area (Å²) in [6.45, 7) is 5.17. The number of aromatic nitrogens is 2. The van der Waals surface area contributed by atoms with Crippen LogP contribution in [0.1, 0.15) is 29.0 Å². The van der Waals surface area contributed by atoms with Crippen LogP contribution in [-0.2, 0) is 13.1 Å². The molecule has 2 aliphatic heterocycles. The van der Waals surface area contributed by atoms with Crippen molar-refractivity contribution in [1.29, 1.82) is 0 Å². The molecule has 23 heavy (non-hydrogen) atoms. The molecule has 0 unspecified atom stereocenters. The van der Waals surface area contributed by atoms with Crippen LogP contribution in [0, 0.1) is 0 Å². The number of hydrogen-bond donors (Lipinski definition) is 1. The number of amides is 1. The van der Waals surface area contributed by atoms with Crippen molar-refractivity contribution < 1.29 is 9.90 Å². The first-order valence-corrected chi connectivity index (χ1v) is 8.44. The van der Waals surface area contributed by atoms with E-state index in [0.29, 0.717) is 18.7 Å². The van der Waals surface area contributed by atoms with E-state index >= 15 is 0 Å². The Morgan fingerprint density at radius 1 is 1.30 bits per heavy atom. The Bertz CT molecular complexity index is 559. The molecule has 2 aliphatic rings. The largest absolute Gasteiger partial charge is 0.396 e. The molecule has 0 bridgehead atoms. The molecule has 7 heteroatoms. The third-order valence-electron chi connectivity index (χ3n) is 4.95. The van der Waals surface area contributed by atoms with E-state index in [4.69, 9.17) is 0 Å². The van der Waals surface area contributed by atoms with Crippen LogP contribution in [0.3, 0.4) is 0 Å². The smallest absolute Gasteiger partial charge is 0.274 e. The van der Waals surface area contributed by atoms with E-state index in [1.54, 1.807) is 0 Å². The molecule has 1 N–H and O–H groups in total. The van der Waals surface area contributed by atoms with E-state index < -0.39 is 0 Å². The minimum absolute atomic E-state index is 0.0178. The summed E-state index contributed by atoms with van der Waals surface area (Å²) in [5.74, 6) is 0.0178. The SMILES string of the molecule is CN1CCCn2nc(C(=O)N3CCN(C)[C@H](CCO)C3)cc2C1. The van der Waals surface area contributed by atoms with E-state index in [0.717, 1.165) is 44.8 Å². The van der Waals surface area contributed by atoms with Crippen molar-refractivity contribution in [2.75, 3.05) is 46.9 Å². The maximum atomic E-state index is 12.8. The Kier molecular flexibility index (Phi) is 4.99. The van der Waals surface area contributed by atoms with Gasteiger partial charge in [0.25, 0.3) is 5.91 Å². The maximum absolute atomic E-state index is 12.8. The molecule has 1 aromatic heterocycles. The molecule has 1 fully saturated rings. The Balaban J connectivity index is 1.72. The highest BCUT2D eigenvalue weighted by Crippen LogP contribution is 2.17. The fourth-order valence-corrected chi connectivity index (χ4v) is 3.48. The Morgan fingerprint density at radius 2 is 2.13 bits per heavy atom. The van der Waals surface area contributed by atoms with Gasteiger partial charge in [-0.15, -0.1) is 0 Å². The zero-order chi connectivity index (χ0) is 16.4. The van der Waals surface area contributed by atoms with Crippen molar-refractivity contribution in [2.45, 2.75) is 32.0 Å². The van der Waals surface area contributed by atoms with Crippen LogP contribution >= 0.6 is 0 Å². The van der Waals surface area contributed by atoms with Crippen LogP contribution < -0.4 is 0 Å². The summed E-state index contributed by atoms with van der Waals surface area (Å²) in [6.07, 6.45) is 1.76. The molecule has 1 amide bonds. The number of hydrogen-bond acceptors (Lipinski definition) is 5. The minimum atomic E-state index is 0.0178. The van der Waals surface area contributed by atoms with Crippen LogP contribution in [0.4, 0.5) is 0 Å². The summed E-state index contributed by atoms with van der Waals surface area (Å²) in [6, 6.07) is 2.17. The maximum Gasteiger partial charge on any atom is 0.274 e. The summed E-state index contributed by atoms with van der Waals surface area (Å²) >= 11 is 0. The summed E-state index contributed by atoms with van der Waals surface area (Å²) in [7, 11) is 4.15. The van der Waals surface area contributed by atoms with Crippen molar-refractivity contribution in [3.8, 4) is 0 Å². The molecule has 3 heterocycles. The second-order valence-electron chi connectivity index (χ2n) is 6.73. The second kappa shape index (κ2) is 6.98. The van der Waals surface area contributed by atoms with Crippen molar-refractivity contribution >= 4 is 5.91 Å². The zero-order valence-corrected chi connectivity index (χ0v) is 14.1. The van der Waals surface area contributed by atoms with Gasteiger partial charge in [-0.05, 0) is 33.0 Å². The van der Waals surface area contributed by atoms with Gasteiger partial charge in [0.2, 0.25) is 0 Å². The molecule has 0 aromatic carbocycles. The van der Waals surface area contributed by atoms with E-state index in [-0.39, 0.29) is 18.6 Å². The lowest BCUT2D eigenvalue weighted by atomic mass is 10.1. The minimum Gasteiger partial charge on any atom is -0.396 e. The van der Waals surface area contributed by atoms with Crippen molar-refractivity contribution in [3.05, 3.63) is 17.5 Å². The van der Waals surface area contributed by atoms with Gasteiger partial charge in [-0.3, -0.25) is 14.4 Å². The molecule has 0 saturated carbocycles. The molecule has 1 aromatic rings. The van der Waals surface area contributed by atoms with Crippen LogP contribution in [0.25, 0.3) is 0 Å². The van der Waals surface area contributed by atoms with Crippen molar-refractivity contribution in [2.24, 2.45) is 0 Å². The number of aryl methyl sites for hydroxylation is 1. The summed E-state index contributed by atoms with van der Waals surface area (Å²) in [4.78, 5) is 19.2. The number of fused-ring (bicyclic) bond motifs is 1. The zero-order valence-electron chi connectivity index (χ0n) is 14.1. The molecule has 1 atom stereocenters. The molecular formula is C16H27N5O2. The number of aliphatic hydroxyl groups is 1. The molecule has 3 rings (SSSR count). The number of rotatable bonds is 3. The third-order valence-corrected chi connectivity index (χ3v) is 4.95. The predicted octanol–water partition coefficient (Wildman–Crippen LogP) is -0.143. The average molecular weight is 321 g/mol. The van der Waals surface area contributed by atoms with Gasteiger partial charge in [0, 0.05) is 51.9 Å². The van der Waals surface area contributed by atoms with Crippen molar-refractivity contribution in [3.63, 3.8) is 0 Å². The number of piperazine rings is 1. The topological polar surface area (TPSA) is 64.8 Å². The molecular weight excluding hydrogens is 294 g/mol. The van der Waals surface area contributed by atoms with Crippen LogP contribution in [-0.4, -0.2) is 88.4 Å². The summed E-state index contributed by atoms with van der Waals surface area (Å²) < 4.78 is 1.98. The highest BCUT2D eigenvalue weighted by atomic mass is 16.3. The van der Waals surface area contributed by atoms with Gasteiger partial charge in [-0.25, -0.2) is 0 Å². The highest BCUT2D eigenvalue weighted by Gasteiger charge is 2.29. The Morgan fingerprint density at radius 3 is 2.91 bits per heavy atom. The lowest BCUT2D eigenvalue weighted by Gasteiger charge is -2.39. The first-order chi connectivity index (χ1) is 11.1. The molecule has 7 nitrogen and oxygen atoms in total. The van der Waals surface area contributed by atoms with E-state index in [9.17, 15) is 9.90 Å². The molecule has 1 saturated heterocycles. The van der Waals surface area contributed by atoms with Gasteiger partial charge in [-0.2, -0.15) is 5.10 Å². The fraction of sp³-hybridized carbons (Fsp3) is 0.750. The standard InChI is InChI=1S/C16H27N5O2/c1-18-5-3-6-21-14(11-18)10-15(17-21)16(23)20-8-7-19(2)13(12-20)4-9-22/h10,13,22H,3-9,11-12H2,1-2H3/t13-/m1/s1. The second-order valence-corrected chi connectivity index (χ2v) is 6.73. The van der Waals surface area contributed by atoms with Crippen LogP contribution in [0.5, 0.6) is 0 Å². The Hall–Kier alpha value is -1.44. The third kappa shape index (κ3) is 3.57. The van der Waals surface area contributed by atoms with Crippen molar-refractivity contribution in [1.82, 2.24) is 24.5 Å². The number of carbonyl (C=O) groups is 1. The fourth-order valence-electron chi connectivity index (χ4n) is 3.48. The van der Waals surface area contributed by atoms with Gasteiger partial charge in [0.15, 0.2) is 5.69 Å². The first-order valence-electron chi connectivity index (χ1n) is 8.44. The number of aliphatic hydroxyl groups excluding tert-OH is 1. The first kappa shape index (κ1) is 16.4. The number of carbonyl (C=O) groups excluding carboxylic acids is 1. The number of nitrogens with zero attached hydrogens (tertiary/aromatic N) is 5. The van der Waals surface area contributed by atoms with Gasteiger partial charge < -0.3 is 14.9 Å². The van der Waals surface area contributed by atoms with E-state index in [2.05, 4.69) is 29.0 Å². The normalized spacial score (nSPS) is 23.6. The molecule has 0 radical (unpaired) electrons. The van der Waals surface area contributed by atoms with Gasteiger partial charge >= 0.3 is 0 Å². The highest BCUT2D eigenvalue weighted by molar-refractivity contribution is 5.92. The van der Waals surface area contributed by atoms with Gasteiger partial charge in [-0.1, -0.05) is 0 Å². The Labute approximate surface area is 137 Å². The quantitative estimate of drug-likeness (QED) is 0.839. The number of likely N-dealkylation sites (N-methyl/N-ethyl adjacent to an activating group) is 1. The van der Waals surface area contributed by atoms with E-state index in [1.807, 2.05) is 15.6 Å². The van der Waals surface area contributed by atoms with E-state index in [1.165, 1.54) is 0 Å². The van der Waals surface area contributed by atoms with Gasteiger partial charge in [0.05, 0.1) is 5.69 Å². The van der Waals surface area contributed by atoms with Crippen LogP contribution in [0.15, 0.2) is 6.07 Å². The summed E-state index contributed by atoms with van der Waals surface area (Å²) in [5.41, 5.74) is 1.68. The van der Waals surface area contributed by atoms with Gasteiger partial charge in [0.1, 0.15) is 0 Å².